The number of nitrogens with two attached hydrogens (primary N) is 1. The molecule has 1 aromatic carbocycles. The number of nitrogens with one attached hydrogen (secondary N) is 2. The highest BCUT2D eigenvalue weighted by molar-refractivity contribution is 5.85. The van der Waals surface area contributed by atoms with E-state index in [1.807, 2.05) is 24.3 Å². The first kappa shape index (κ1) is 13.2. The van der Waals surface area contributed by atoms with E-state index in [0.717, 1.165) is 11.3 Å². The summed E-state index contributed by atoms with van der Waals surface area (Å²) >= 11 is 0. The summed E-state index contributed by atoms with van der Waals surface area (Å²) in [6, 6.07) is 7.42. The van der Waals surface area contributed by atoms with Gasteiger partial charge in [0.25, 0.3) is 0 Å². The molecule has 15 heavy (non-hydrogen) atoms. The molecule has 0 spiro atoms. The zero-order valence-electron chi connectivity index (χ0n) is 8.23. The Balaban J connectivity index is 0.00000196. The summed E-state index contributed by atoms with van der Waals surface area (Å²) in [6.07, 6.45) is 1.54. The summed E-state index contributed by atoms with van der Waals surface area (Å²) in [7, 11) is 1.59. The maximum atomic E-state index is 6.88. The number of methoxy groups -OCH3 is 1. The molecule has 0 fully saturated rings. The third-order valence-electron chi connectivity index (χ3n) is 1.53. The normalized spacial score (nSPS) is 9.40. The maximum Gasteiger partial charge on any atom is 0.206 e. The van der Waals surface area contributed by atoms with E-state index < -0.39 is 0 Å². The first-order valence-electron chi connectivity index (χ1n) is 4.00. The number of guanidine groups is 1. The largest absolute Gasteiger partial charge is 0.496 e. The zero-order valence-corrected chi connectivity index (χ0v) is 9.04. The fourth-order valence-electron chi connectivity index (χ4n) is 0.944. The van der Waals surface area contributed by atoms with Crippen molar-refractivity contribution in [3.63, 3.8) is 0 Å². The monoisotopic (exact) mass is 228 g/mol. The quantitative estimate of drug-likeness (QED) is 0.409. The molecule has 6 heteroatoms. The lowest BCUT2D eigenvalue weighted by Crippen LogP contribution is -2.25. The second kappa shape index (κ2) is 6.67. The summed E-state index contributed by atoms with van der Waals surface area (Å²) < 4.78 is 5.10. The van der Waals surface area contributed by atoms with Crippen LogP contribution in [-0.4, -0.2) is 19.3 Å². The molecule has 4 N–H and O–H groups in total. The Morgan fingerprint density at radius 2 is 2.20 bits per heavy atom. The summed E-state index contributed by atoms with van der Waals surface area (Å²) in [6.45, 7) is 0. The second-order valence-corrected chi connectivity index (χ2v) is 2.53. The highest BCUT2D eigenvalue weighted by Gasteiger charge is 1.96. The van der Waals surface area contributed by atoms with Gasteiger partial charge < -0.3 is 10.5 Å². The van der Waals surface area contributed by atoms with Crippen molar-refractivity contribution in [2.24, 2.45) is 10.8 Å². The molecule has 5 nitrogen and oxygen atoms in total. The Labute approximate surface area is 94.2 Å². The minimum Gasteiger partial charge on any atom is -0.496 e. The minimum atomic E-state index is -0.198. The van der Waals surface area contributed by atoms with E-state index in [2.05, 4.69) is 10.5 Å². The molecule has 0 aliphatic heterocycles. The van der Waals surface area contributed by atoms with Gasteiger partial charge in [0.15, 0.2) is 0 Å². The van der Waals surface area contributed by atoms with Crippen LogP contribution in [0.3, 0.4) is 0 Å². The van der Waals surface area contributed by atoms with Crippen LogP contribution in [0.25, 0.3) is 0 Å². The van der Waals surface area contributed by atoms with Gasteiger partial charge in [0.1, 0.15) is 5.75 Å². The summed E-state index contributed by atoms with van der Waals surface area (Å²) in [4.78, 5) is 0. The van der Waals surface area contributed by atoms with Crippen LogP contribution in [0.2, 0.25) is 0 Å². The topological polar surface area (TPSA) is 83.5 Å². The molecule has 0 radical (unpaired) electrons. The average molecular weight is 229 g/mol. The first-order chi connectivity index (χ1) is 6.74. The minimum absolute atomic E-state index is 0. The summed E-state index contributed by atoms with van der Waals surface area (Å²) in [5.74, 6) is 0.526. The predicted molar refractivity (Wildman–Crippen MR) is 62.9 cm³/mol. The van der Waals surface area contributed by atoms with Crippen molar-refractivity contribution in [1.82, 2.24) is 5.43 Å². The average Bonchev–Trinajstić information content (AvgIpc) is 2.18. The van der Waals surface area contributed by atoms with Gasteiger partial charge in [-0.2, -0.15) is 5.10 Å². The van der Waals surface area contributed by atoms with Crippen LogP contribution in [0.4, 0.5) is 0 Å². The van der Waals surface area contributed by atoms with Crippen LogP contribution in [0.15, 0.2) is 29.4 Å². The standard InChI is InChI=1S/C9H12N4O.ClH/c1-14-8-5-3-2-4-7(8)6-12-13-9(10)11;/h2-6H,1H3,(H4,10,11,13);1H. The van der Waals surface area contributed by atoms with Gasteiger partial charge in [-0.15, -0.1) is 12.4 Å². The van der Waals surface area contributed by atoms with Gasteiger partial charge in [0, 0.05) is 5.56 Å². The van der Waals surface area contributed by atoms with Gasteiger partial charge in [-0.3, -0.25) is 5.41 Å². The van der Waals surface area contributed by atoms with E-state index in [9.17, 15) is 0 Å². The van der Waals surface area contributed by atoms with Crippen molar-refractivity contribution < 1.29 is 4.74 Å². The molecule has 0 aliphatic carbocycles. The van der Waals surface area contributed by atoms with E-state index in [1.54, 1.807) is 13.3 Å². The van der Waals surface area contributed by atoms with E-state index in [-0.39, 0.29) is 18.4 Å². The number of rotatable bonds is 3. The number of nitrogens with zero attached hydrogens (tertiary/aromatic N) is 1. The molecular weight excluding hydrogens is 216 g/mol. The third kappa shape index (κ3) is 4.33. The molecule has 82 valence electrons. The number of hydrazone groups is 1. The Bertz CT molecular complexity index is 354. The lowest BCUT2D eigenvalue weighted by molar-refractivity contribution is 0.414. The smallest absolute Gasteiger partial charge is 0.206 e. The molecule has 0 saturated carbocycles. The molecule has 0 amide bonds. The van der Waals surface area contributed by atoms with Gasteiger partial charge in [-0.05, 0) is 12.1 Å². The number of hydrogen-bond acceptors (Lipinski definition) is 3. The first-order valence-corrected chi connectivity index (χ1v) is 4.00. The molecule has 0 heterocycles. The third-order valence-corrected chi connectivity index (χ3v) is 1.53. The van der Waals surface area contributed by atoms with Gasteiger partial charge in [0.05, 0.1) is 13.3 Å². The molecule has 0 atom stereocenters. The van der Waals surface area contributed by atoms with E-state index >= 15 is 0 Å². The SMILES string of the molecule is COc1ccccc1C=NNC(=N)N.Cl. The van der Waals surface area contributed by atoms with E-state index in [1.165, 1.54) is 0 Å². The van der Waals surface area contributed by atoms with E-state index in [0.29, 0.717) is 0 Å². The molecular formula is C9H13ClN4O. The molecule has 1 aromatic rings. The van der Waals surface area contributed by atoms with Crippen LogP contribution >= 0.6 is 12.4 Å². The van der Waals surface area contributed by atoms with E-state index in [4.69, 9.17) is 15.9 Å². The maximum absolute atomic E-state index is 6.88. The van der Waals surface area contributed by atoms with Crippen LogP contribution < -0.4 is 15.9 Å². The Morgan fingerprint density at radius 3 is 2.80 bits per heavy atom. The number of benzene rings is 1. The summed E-state index contributed by atoms with van der Waals surface area (Å²) in [5.41, 5.74) is 8.20. The highest BCUT2D eigenvalue weighted by Crippen LogP contribution is 2.14. The van der Waals surface area contributed by atoms with Crippen molar-refractivity contribution in [2.45, 2.75) is 0 Å². The molecule has 0 bridgehead atoms. The Hall–Kier alpha value is -1.75. The molecule has 1 rings (SSSR count). The van der Waals surface area contributed by atoms with Gasteiger partial charge in [-0.25, -0.2) is 5.43 Å². The van der Waals surface area contributed by atoms with Crippen LogP contribution in [0.5, 0.6) is 5.75 Å². The van der Waals surface area contributed by atoms with Crippen LogP contribution in [0, 0.1) is 5.41 Å². The second-order valence-electron chi connectivity index (χ2n) is 2.53. The molecule has 0 saturated heterocycles. The van der Waals surface area contributed by atoms with Crippen molar-refractivity contribution >= 4 is 24.6 Å². The molecule has 0 aromatic heterocycles. The van der Waals surface area contributed by atoms with Gasteiger partial charge >= 0.3 is 0 Å². The number of para-hydroxylation sites is 1. The van der Waals surface area contributed by atoms with Crippen LogP contribution in [0.1, 0.15) is 5.56 Å². The van der Waals surface area contributed by atoms with Gasteiger partial charge in [0.2, 0.25) is 5.96 Å². The lowest BCUT2D eigenvalue weighted by atomic mass is 10.2. The molecule has 0 unspecified atom stereocenters. The summed E-state index contributed by atoms with van der Waals surface area (Å²) in [5, 5.41) is 10.6. The Kier molecular flexibility index (Phi) is 5.89. The molecule has 0 aliphatic rings. The fourth-order valence-corrected chi connectivity index (χ4v) is 0.944. The van der Waals surface area contributed by atoms with Crippen LogP contribution in [-0.2, 0) is 0 Å². The Morgan fingerprint density at radius 1 is 1.53 bits per heavy atom. The zero-order chi connectivity index (χ0) is 10.4. The van der Waals surface area contributed by atoms with Crippen molar-refractivity contribution in [3.8, 4) is 5.75 Å². The predicted octanol–water partition coefficient (Wildman–Crippen LogP) is 0.934. The van der Waals surface area contributed by atoms with Crippen molar-refractivity contribution in [2.75, 3.05) is 7.11 Å². The fraction of sp³-hybridized carbons (Fsp3) is 0.111. The highest BCUT2D eigenvalue weighted by atomic mass is 35.5. The van der Waals surface area contributed by atoms with Crippen molar-refractivity contribution in [3.05, 3.63) is 29.8 Å². The number of hydrogen-bond donors (Lipinski definition) is 3. The van der Waals surface area contributed by atoms with Gasteiger partial charge in [-0.1, -0.05) is 12.1 Å². The lowest BCUT2D eigenvalue weighted by Gasteiger charge is -2.02. The number of halogens is 1. The number of ether oxygens (including phenoxy) is 1. The van der Waals surface area contributed by atoms with Crippen molar-refractivity contribution in [1.29, 1.82) is 5.41 Å².